The summed E-state index contributed by atoms with van der Waals surface area (Å²) in [5.41, 5.74) is 2.26. The Morgan fingerprint density at radius 1 is 1.00 bits per heavy atom. The Kier molecular flexibility index (Phi) is 6.25. The first-order valence-corrected chi connectivity index (χ1v) is 11.2. The lowest BCUT2D eigenvalue weighted by Gasteiger charge is -2.38. The van der Waals surface area contributed by atoms with Gasteiger partial charge in [0.25, 0.3) is 0 Å². The highest BCUT2D eigenvalue weighted by molar-refractivity contribution is 7.13. The van der Waals surface area contributed by atoms with Crippen molar-refractivity contribution in [1.29, 1.82) is 0 Å². The Hall–Kier alpha value is -2.25. The van der Waals surface area contributed by atoms with Gasteiger partial charge in [0.2, 0.25) is 11.8 Å². The number of rotatable bonds is 4. The van der Waals surface area contributed by atoms with Crippen LogP contribution in [0.4, 0.5) is 0 Å². The summed E-state index contributed by atoms with van der Waals surface area (Å²) >= 11 is 1.69. The van der Waals surface area contributed by atoms with E-state index < -0.39 is 0 Å². The van der Waals surface area contributed by atoms with Gasteiger partial charge in [0.15, 0.2) is 0 Å². The summed E-state index contributed by atoms with van der Waals surface area (Å²) in [6.07, 6.45) is 1.58. The molecule has 0 aliphatic carbocycles. The molecule has 2 aromatic rings. The molecule has 29 heavy (non-hydrogen) atoms. The number of likely N-dealkylation sites (tertiary alicyclic amines) is 1. The van der Waals surface area contributed by atoms with Gasteiger partial charge in [-0.15, -0.1) is 11.3 Å². The molecular formula is C22H28N4O2S. The molecule has 2 aliphatic rings. The lowest BCUT2D eigenvalue weighted by atomic mass is 9.95. The molecule has 3 heterocycles. The average molecular weight is 413 g/mol. The van der Waals surface area contributed by atoms with Crippen LogP contribution in [-0.4, -0.2) is 70.8 Å². The first-order chi connectivity index (χ1) is 14.1. The van der Waals surface area contributed by atoms with Gasteiger partial charge in [0.1, 0.15) is 5.01 Å². The third kappa shape index (κ3) is 4.85. The third-order valence-corrected chi connectivity index (χ3v) is 6.87. The van der Waals surface area contributed by atoms with Gasteiger partial charge in [0, 0.05) is 69.6 Å². The number of hydrogen-bond acceptors (Lipinski definition) is 5. The molecule has 0 spiro atoms. The summed E-state index contributed by atoms with van der Waals surface area (Å²) in [5, 5.41) is 3.20. The Bertz CT molecular complexity index is 838. The normalized spacial score (nSPS) is 18.8. The van der Waals surface area contributed by atoms with Crippen LogP contribution >= 0.6 is 11.3 Å². The molecule has 2 amide bonds. The van der Waals surface area contributed by atoms with E-state index in [9.17, 15) is 9.59 Å². The van der Waals surface area contributed by atoms with Crippen LogP contribution in [0.2, 0.25) is 0 Å². The maximum Gasteiger partial charge on any atom is 0.225 e. The van der Waals surface area contributed by atoms with Crippen molar-refractivity contribution in [3.8, 4) is 10.6 Å². The van der Waals surface area contributed by atoms with Crippen molar-refractivity contribution in [2.24, 2.45) is 5.92 Å². The third-order valence-electron chi connectivity index (χ3n) is 5.93. The maximum atomic E-state index is 12.8. The van der Waals surface area contributed by atoms with Crippen molar-refractivity contribution in [2.75, 3.05) is 39.3 Å². The summed E-state index contributed by atoms with van der Waals surface area (Å²) in [4.78, 5) is 35.3. The monoisotopic (exact) mass is 412 g/mol. The molecule has 4 rings (SSSR count). The molecule has 2 fully saturated rings. The molecule has 0 bridgehead atoms. The number of thiazole rings is 1. The van der Waals surface area contributed by atoms with Crippen LogP contribution in [0, 0.1) is 5.92 Å². The number of benzene rings is 1. The smallest absolute Gasteiger partial charge is 0.225 e. The van der Waals surface area contributed by atoms with E-state index in [4.69, 9.17) is 4.98 Å². The number of piperazine rings is 1. The number of hydrogen-bond donors (Lipinski definition) is 0. The van der Waals surface area contributed by atoms with E-state index in [0.717, 1.165) is 61.8 Å². The van der Waals surface area contributed by atoms with E-state index in [2.05, 4.69) is 22.4 Å². The fourth-order valence-electron chi connectivity index (χ4n) is 4.15. The number of aromatic nitrogens is 1. The van der Waals surface area contributed by atoms with Gasteiger partial charge in [-0.05, 0) is 12.8 Å². The van der Waals surface area contributed by atoms with E-state index >= 15 is 0 Å². The van der Waals surface area contributed by atoms with E-state index in [1.807, 2.05) is 28.0 Å². The summed E-state index contributed by atoms with van der Waals surface area (Å²) in [7, 11) is 0. The highest BCUT2D eigenvalue weighted by Gasteiger charge is 2.31. The van der Waals surface area contributed by atoms with Crippen LogP contribution in [0.25, 0.3) is 10.6 Å². The molecule has 0 unspecified atom stereocenters. The second-order valence-corrected chi connectivity index (χ2v) is 8.75. The molecule has 7 heteroatoms. The number of nitrogens with zero attached hydrogens (tertiary/aromatic N) is 4. The molecule has 6 nitrogen and oxygen atoms in total. The lowest BCUT2D eigenvalue weighted by molar-refractivity contribution is -0.141. The zero-order valence-electron chi connectivity index (χ0n) is 16.9. The summed E-state index contributed by atoms with van der Waals surface area (Å²) in [6, 6.07) is 10.3. The summed E-state index contributed by atoms with van der Waals surface area (Å²) in [6.45, 7) is 7.18. The van der Waals surface area contributed by atoms with Crippen molar-refractivity contribution < 1.29 is 9.59 Å². The van der Waals surface area contributed by atoms with Crippen LogP contribution in [0.3, 0.4) is 0 Å². The standard InChI is InChI=1S/C22H28N4O2S/c1-17(27)25-9-7-19(8-10-25)22(28)26-13-11-24(12-14-26)15-20-16-29-21(23-20)18-5-3-2-4-6-18/h2-6,16,19H,7-15H2,1H3. The summed E-state index contributed by atoms with van der Waals surface area (Å²) in [5.74, 6) is 0.457. The highest BCUT2D eigenvalue weighted by atomic mass is 32.1. The zero-order chi connectivity index (χ0) is 20.2. The number of carbonyl (C=O) groups is 2. The first-order valence-electron chi connectivity index (χ1n) is 10.4. The molecule has 0 saturated carbocycles. The van der Waals surface area contributed by atoms with Crippen molar-refractivity contribution >= 4 is 23.2 Å². The second-order valence-electron chi connectivity index (χ2n) is 7.89. The minimum atomic E-state index is 0.0733. The minimum absolute atomic E-state index is 0.0733. The van der Waals surface area contributed by atoms with Crippen molar-refractivity contribution in [2.45, 2.75) is 26.3 Å². The first kappa shape index (κ1) is 20.0. The largest absolute Gasteiger partial charge is 0.343 e. The molecule has 154 valence electrons. The number of carbonyl (C=O) groups excluding carboxylic acids is 2. The molecule has 0 atom stereocenters. The van der Waals surface area contributed by atoms with Gasteiger partial charge in [-0.2, -0.15) is 0 Å². The van der Waals surface area contributed by atoms with Crippen LogP contribution < -0.4 is 0 Å². The van der Waals surface area contributed by atoms with Crippen LogP contribution in [0.5, 0.6) is 0 Å². The fourth-order valence-corrected chi connectivity index (χ4v) is 4.96. The van der Waals surface area contributed by atoms with Crippen LogP contribution in [0.15, 0.2) is 35.7 Å². The van der Waals surface area contributed by atoms with E-state index in [-0.39, 0.29) is 17.7 Å². The van der Waals surface area contributed by atoms with Gasteiger partial charge in [0.05, 0.1) is 5.69 Å². The highest BCUT2D eigenvalue weighted by Crippen LogP contribution is 2.25. The number of piperidine rings is 1. The lowest BCUT2D eigenvalue weighted by Crippen LogP contribution is -2.51. The van der Waals surface area contributed by atoms with Crippen molar-refractivity contribution in [3.63, 3.8) is 0 Å². The zero-order valence-corrected chi connectivity index (χ0v) is 17.7. The predicted molar refractivity (Wildman–Crippen MR) is 114 cm³/mol. The minimum Gasteiger partial charge on any atom is -0.343 e. The van der Waals surface area contributed by atoms with Gasteiger partial charge in [-0.1, -0.05) is 30.3 Å². The molecule has 0 radical (unpaired) electrons. The Morgan fingerprint density at radius 3 is 2.34 bits per heavy atom. The molecule has 2 aliphatic heterocycles. The molecular weight excluding hydrogens is 384 g/mol. The van der Waals surface area contributed by atoms with E-state index in [1.54, 1.807) is 18.3 Å². The topological polar surface area (TPSA) is 56.8 Å². The van der Waals surface area contributed by atoms with E-state index in [1.165, 1.54) is 0 Å². The van der Waals surface area contributed by atoms with Crippen LogP contribution in [0.1, 0.15) is 25.5 Å². The average Bonchev–Trinajstić information content (AvgIpc) is 3.23. The van der Waals surface area contributed by atoms with Gasteiger partial charge in [-0.3, -0.25) is 14.5 Å². The summed E-state index contributed by atoms with van der Waals surface area (Å²) < 4.78 is 0. The fraction of sp³-hybridized carbons (Fsp3) is 0.500. The molecule has 1 aromatic heterocycles. The predicted octanol–water partition coefficient (Wildman–Crippen LogP) is 2.71. The maximum absolute atomic E-state index is 12.8. The second kappa shape index (κ2) is 9.05. The van der Waals surface area contributed by atoms with Crippen molar-refractivity contribution in [3.05, 3.63) is 41.4 Å². The van der Waals surface area contributed by atoms with Gasteiger partial charge >= 0.3 is 0 Å². The molecule has 2 saturated heterocycles. The number of amides is 2. The van der Waals surface area contributed by atoms with Gasteiger partial charge < -0.3 is 9.80 Å². The Balaban J connectivity index is 1.25. The Labute approximate surface area is 176 Å². The van der Waals surface area contributed by atoms with Crippen molar-refractivity contribution in [1.82, 2.24) is 19.7 Å². The quantitative estimate of drug-likeness (QED) is 0.775. The van der Waals surface area contributed by atoms with E-state index in [0.29, 0.717) is 13.1 Å². The molecule has 0 N–H and O–H groups in total. The Morgan fingerprint density at radius 2 is 1.69 bits per heavy atom. The van der Waals surface area contributed by atoms with Crippen LogP contribution in [-0.2, 0) is 16.1 Å². The molecule has 1 aromatic carbocycles. The SMILES string of the molecule is CC(=O)N1CCC(C(=O)N2CCN(Cc3csc(-c4ccccc4)n3)CC2)CC1. The van der Waals surface area contributed by atoms with Gasteiger partial charge in [-0.25, -0.2) is 4.98 Å².